The Balaban J connectivity index is 2.30. The van der Waals surface area contributed by atoms with Crippen LogP contribution in [-0.2, 0) is 0 Å². The maximum atomic E-state index is 5.95. The number of aromatic nitrogens is 2. The molecular weight excluding hydrogens is 350 g/mol. The van der Waals surface area contributed by atoms with Crippen molar-refractivity contribution in [2.75, 3.05) is 0 Å². The summed E-state index contributed by atoms with van der Waals surface area (Å²) >= 11 is 20.8. The summed E-state index contributed by atoms with van der Waals surface area (Å²) in [4.78, 5) is 7.90. The molecule has 2 aromatic rings. The van der Waals surface area contributed by atoms with Gasteiger partial charge in [-0.15, -0.1) is 0 Å². The monoisotopic (exact) mass is 352 g/mol. The molecule has 0 atom stereocenters. The van der Waals surface area contributed by atoms with Gasteiger partial charge in [-0.05, 0) is 22.0 Å². The van der Waals surface area contributed by atoms with Gasteiger partial charge < -0.3 is 4.74 Å². The van der Waals surface area contributed by atoms with Crippen molar-refractivity contribution in [2.24, 2.45) is 0 Å². The number of benzene rings is 1. The van der Waals surface area contributed by atoms with Crippen LogP contribution in [0.3, 0.4) is 0 Å². The number of ether oxygens (including phenoxy) is 1. The number of hydrogen-bond donors (Lipinski definition) is 0. The summed E-state index contributed by atoms with van der Waals surface area (Å²) in [6.07, 6.45) is 3.13. The first-order valence-corrected chi connectivity index (χ1v) is 6.29. The van der Waals surface area contributed by atoms with E-state index >= 15 is 0 Å². The summed E-state index contributed by atoms with van der Waals surface area (Å²) in [5.74, 6) is 0.350. The number of hydrogen-bond acceptors (Lipinski definition) is 3. The molecule has 0 saturated heterocycles. The Labute approximate surface area is 121 Å². The quantitative estimate of drug-likeness (QED) is 0.713. The molecule has 1 aromatic carbocycles. The summed E-state index contributed by atoms with van der Waals surface area (Å²) in [5.41, 5.74) is 0. The summed E-state index contributed by atoms with van der Waals surface area (Å²) < 4.78 is 6.14. The smallest absolute Gasteiger partial charge is 0.321 e. The lowest BCUT2D eigenvalue weighted by molar-refractivity contribution is 0.441. The predicted molar refractivity (Wildman–Crippen MR) is 71.3 cm³/mol. The third-order valence-corrected chi connectivity index (χ3v) is 3.20. The van der Waals surface area contributed by atoms with Crippen molar-refractivity contribution in [1.29, 1.82) is 0 Å². The van der Waals surface area contributed by atoms with Gasteiger partial charge in [0.2, 0.25) is 0 Å². The van der Waals surface area contributed by atoms with E-state index in [1.165, 1.54) is 12.1 Å². The molecule has 0 radical (unpaired) electrons. The molecule has 3 nitrogen and oxygen atoms in total. The van der Waals surface area contributed by atoms with Gasteiger partial charge in [0.15, 0.2) is 5.75 Å². The lowest BCUT2D eigenvalue weighted by atomic mass is 10.3. The highest BCUT2D eigenvalue weighted by Crippen LogP contribution is 2.35. The van der Waals surface area contributed by atoms with Crippen molar-refractivity contribution in [3.63, 3.8) is 0 Å². The molecule has 0 aliphatic heterocycles. The first-order valence-electron chi connectivity index (χ1n) is 4.36. The van der Waals surface area contributed by atoms with Crippen molar-refractivity contribution in [2.45, 2.75) is 0 Å². The molecule has 0 saturated carbocycles. The van der Waals surface area contributed by atoms with Crippen LogP contribution in [0.25, 0.3) is 0 Å². The molecule has 0 fully saturated rings. The first-order chi connectivity index (χ1) is 8.06. The molecule has 0 aliphatic carbocycles. The highest BCUT2D eigenvalue weighted by atomic mass is 79.9. The molecule has 0 amide bonds. The highest BCUT2D eigenvalue weighted by Gasteiger charge is 2.09. The van der Waals surface area contributed by atoms with E-state index in [2.05, 4.69) is 25.9 Å². The number of halogens is 4. The minimum absolute atomic E-state index is 0.175. The van der Waals surface area contributed by atoms with E-state index in [-0.39, 0.29) is 6.01 Å². The van der Waals surface area contributed by atoms with Crippen molar-refractivity contribution in [3.8, 4) is 11.8 Å². The van der Waals surface area contributed by atoms with E-state index in [9.17, 15) is 0 Å². The van der Waals surface area contributed by atoms with Crippen LogP contribution in [0.15, 0.2) is 29.0 Å². The molecule has 0 N–H and O–H groups in total. The Kier molecular flexibility index (Phi) is 4.09. The molecule has 7 heteroatoms. The Bertz CT molecular complexity index is 548. The third kappa shape index (κ3) is 3.22. The Hall–Kier alpha value is -0.550. The second-order valence-corrected chi connectivity index (χ2v) is 5.12. The van der Waals surface area contributed by atoms with E-state index < -0.39 is 0 Å². The van der Waals surface area contributed by atoms with Crippen molar-refractivity contribution in [3.05, 3.63) is 44.1 Å². The van der Waals surface area contributed by atoms with Crippen LogP contribution in [0, 0.1) is 0 Å². The van der Waals surface area contributed by atoms with Crippen LogP contribution in [-0.4, -0.2) is 9.97 Å². The van der Waals surface area contributed by atoms with Gasteiger partial charge in [0.1, 0.15) is 0 Å². The molecule has 0 unspecified atom stereocenters. The lowest BCUT2D eigenvalue weighted by Crippen LogP contribution is -1.91. The van der Waals surface area contributed by atoms with Crippen LogP contribution in [0.5, 0.6) is 11.8 Å². The van der Waals surface area contributed by atoms with E-state index in [4.69, 9.17) is 39.5 Å². The number of rotatable bonds is 2. The maximum absolute atomic E-state index is 5.95. The van der Waals surface area contributed by atoms with Crippen LogP contribution in [0.1, 0.15) is 0 Å². The van der Waals surface area contributed by atoms with Gasteiger partial charge in [0, 0.05) is 18.5 Å². The van der Waals surface area contributed by atoms with Crippen molar-refractivity contribution in [1.82, 2.24) is 9.97 Å². The van der Waals surface area contributed by atoms with Gasteiger partial charge in [-0.25, -0.2) is 9.97 Å². The molecule has 0 spiro atoms. The second-order valence-electron chi connectivity index (χ2n) is 2.98. The fourth-order valence-corrected chi connectivity index (χ4v) is 1.81. The summed E-state index contributed by atoms with van der Waals surface area (Å²) in [5, 5.41) is 1.05. The van der Waals surface area contributed by atoms with E-state index in [0.717, 1.165) is 4.47 Å². The molecule has 1 aromatic heterocycles. The predicted octanol–water partition coefficient (Wildman–Crippen LogP) is 4.99. The molecule has 1 heterocycles. The summed E-state index contributed by atoms with van der Waals surface area (Å²) in [6, 6.07) is 3.19. The summed E-state index contributed by atoms with van der Waals surface area (Å²) in [7, 11) is 0. The highest BCUT2D eigenvalue weighted by molar-refractivity contribution is 9.10. The molecule has 0 bridgehead atoms. The Morgan fingerprint density at radius 1 is 0.941 bits per heavy atom. The standard InChI is InChI=1S/C10H4BrCl3N2O/c11-5-3-15-10(16-4-5)17-9-2-7(13)6(12)1-8(9)14/h1-4H. The van der Waals surface area contributed by atoms with Crippen molar-refractivity contribution < 1.29 is 4.74 Å². The lowest BCUT2D eigenvalue weighted by Gasteiger charge is -2.06. The van der Waals surface area contributed by atoms with Crippen LogP contribution < -0.4 is 4.74 Å². The SMILES string of the molecule is Clc1cc(Cl)c(Oc2ncc(Br)cn2)cc1Cl. The normalized spacial score (nSPS) is 10.4. The second kappa shape index (κ2) is 5.40. The Morgan fingerprint density at radius 3 is 2.18 bits per heavy atom. The fraction of sp³-hybridized carbons (Fsp3) is 0. The minimum atomic E-state index is 0.175. The zero-order valence-electron chi connectivity index (χ0n) is 8.12. The maximum Gasteiger partial charge on any atom is 0.321 e. The van der Waals surface area contributed by atoms with Crippen molar-refractivity contribution >= 4 is 50.7 Å². The minimum Gasteiger partial charge on any atom is -0.423 e. The molecule has 17 heavy (non-hydrogen) atoms. The van der Waals surface area contributed by atoms with E-state index in [1.807, 2.05) is 0 Å². The number of nitrogens with zero attached hydrogens (tertiary/aromatic N) is 2. The molecule has 88 valence electrons. The van der Waals surface area contributed by atoms with Gasteiger partial charge in [-0.1, -0.05) is 34.8 Å². The van der Waals surface area contributed by atoms with E-state index in [1.54, 1.807) is 12.4 Å². The molecule has 2 rings (SSSR count). The van der Waals surface area contributed by atoms with Gasteiger partial charge >= 0.3 is 6.01 Å². The fourth-order valence-electron chi connectivity index (χ4n) is 1.03. The first kappa shape index (κ1) is 12.9. The summed E-state index contributed by atoms with van der Waals surface area (Å²) in [6.45, 7) is 0. The van der Waals surface area contributed by atoms with Crippen LogP contribution in [0.4, 0.5) is 0 Å². The van der Waals surface area contributed by atoms with Gasteiger partial charge in [-0.2, -0.15) is 0 Å². The van der Waals surface area contributed by atoms with Crippen LogP contribution >= 0.6 is 50.7 Å². The van der Waals surface area contributed by atoms with Gasteiger partial charge in [-0.3, -0.25) is 0 Å². The zero-order valence-corrected chi connectivity index (χ0v) is 12.0. The van der Waals surface area contributed by atoms with Gasteiger partial charge in [0.05, 0.1) is 19.5 Å². The third-order valence-electron chi connectivity index (χ3n) is 1.77. The van der Waals surface area contributed by atoms with Crippen LogP contribution in [0.2, 0.25) is 15.1 Å². The topological polar surface area (TPSA) is 35.0 Å². The van der Waals surface area contributed by atoms with E-state index in [0.29, 0.717) is 20.8 Å². The zero-order chi connectivity index (χ0) is 12.4. The average molecular weight is 354 g/mol. The molecular formula is C10H4BrCl3N2O. The van der Waals surface area contributed by atoms with Gasteiger partial charge in [0.25, 0.3) is 0 Å². The largest absolute Gasteiger partial charge is 0.423 e. The molecule has 0 aliphatic rings. The average Bonchev–Trinajstić information content (AvgIpc) is 2.29. The Morgan fingerprint density at radius 2 is 1.53 bits per heavy atom.